The molecule has 11 heavy (non-hydrogen) atoms. The average molecular weight is 165 g/mol. The van der Waals surface area contributed by atoms with Crippen LogP contribution in [-0.2, 0) is 0 Å². The maximum absolute atomic E-state index is 9.02. The zero-order valence-corrected chi connectivity index (χ0v) is 6.38. The number of hydrogen-bond donors (Lipinski definition) is 5. The monoisotopic (exact) mass is 165 g/mol. The van der Waals surface area contributed by atoms with Crippen LogP contribution in [0.3, 0.4) is 0 Å². The highest BCUT2D eigenvalue weighted by Crippen LogP contribution is 2.03. The molecule has 0 aromatic carbocycles. The van der Waals surface area contributed by atoms with Crippen LogP contribution in [0.15, 0.2) is 0 Å². The maximum atomic E-state index is 9.02. The molecule has 5 nitrogen and oxygen atoms in total. The van der Waals surface area contributed by atoms with Crippen LogP contribution in [0.5, 0.6) is 0 Å². The van der Waals surface area contributed by atoms with E-state index in [1.54, 1.807) is 0 Å². The first kappa shape index (κ1) is 10.8. The highest BCUT2D eigenvalue weighted by molar-refractivity contribution is 4.78. The molecule has 0 aliphatic heterocycles. The van der Waals surface area contributed by atoms with Gasteiger partial charge < -0.3 is 26.2 Å². The van der Waals surface area contributed by atoms with Gasteiger partial charge in [-0.1, -0.05) is 0 Å². The minimum absolute atomic E-state index is 0.148. The van der Waals surface area contributed by atoms with Gasteiger partial charge in [-0.05, 0) is 6.92 Å². The average Bonchev–Trinajstić information content (AvgIpc) is 2.00. The SMILES string of the molecule is C[C@@H](O)[C@@H](O)[C@H](O)[C@H](O)CN. The molecular formula is C6H15NO4. The molecule has 0 bridgehead atoms. The zero-order valence-electron chi connectivity index (χ0n) is 6.38. The van der Waals surface area contributed by atoms with Gasteiger partial charge in [0.15, 0.2) is 0 Å². The van der Waals surface area contributed by atoms with Crippen molar-refractivity contribution in [2.24, 2.45) is 5.73 Å². The summed E-state index contributed by atoms with van der Waals surface area (Å²) in [4.78, 5) is 0. The van der Waals surface area contributed by atoms with E-state index in [0.29, 0.717) is 0 Å². The van der Waals surface area contributed by atoms with Crippen LogP contribution in [0.1, 0.15) is 6.92 Å². The Hall–Kier alpha value is -0.200. The molecular weight excluding hydrogens is 150 g/mol. The second-order valence-electron chi connectivity index (χ2n) is 2.52. The Bertz CT molecular complexity index is 109. The summed E-state index contributed by atoms with van der Waals surface area (Å²) >= 11 is 0. The largest absolute Gasteiger partial charge is 0.391 e. The van der Waals surface area contributed by atoms with Gasteiger partial charge in [-0.3, -0.25) is 0 Å². The van der Waals surface area contributed by atoms with Gasteiger partial charge in [0.1, 0.15) is 12.2 Å². The quantitative estimate of drug-likeness (QED) is 0.314. The second kappa shape index (κ2) is 4.63. The minimum Gasteiger partial charge on any atom is -0.391 e. The van der Waals surface area contributed by atoms with Gasteiger partial charge >= 0.3 is 0 Å². The number of rotatable bonds is 4. The summed E-state index contributed by atoms with van der Waals surface area (Å²) in [5.41, 5.74) is 5.01. The first-order chi connectivity index (χ1) is 5.00. The summed E-state index contributed by atoms with van der Waals surface area (Å²) in [6.07, 6.45) is -5.01. The third-order valence-corrected chi connectivity index (χ3v) is 1.48. The summed E-state index contributed by atoms with van der Waals surface area (Å²) < 4.78 is 0. The molecule has 0 aromatic rings. The summed E-state index contributed by atoms with van der Waals surface area (Å²) in [6, 6.07) is 0. The predicted molar refractivity (Wildman–Crippen MR) is 38.8 cm³/mol. The van der Waals surface area contributed by atoms with E-state index in [2.05, 4.69) is 0 Å². The van der Waals surface area contributed by atoms with Crippen molar-refractivity contribution in [3.8, 4) is 0 Å². The van der Waals surface area contributed by atoms with E-state index in [9.17, 15) is 0 Å². The topological polar surface area (TPSA) is 107 Å². The molecule has 0 saturated carbocycles. The van der Waals surface area contributed by atoms with E-state index < -0.39 is 24.4 Å². The smallest absolute Gasteiger partial charge is 0.109 e. The Balaban J connectivity index is 3.90. The lowest BCUT2D eigenvalue weighted by molar-refractivity contribution is -0.0969. The van der Waals surface area contributed by atoms with Crippen molar-refractivity contribution < 1.29 is 20.4 Å². The molecule has 68 valence electrons. The second-order valence-corrected chi connectivity index (χ2v) is 2.52. The van der Waals surface area contributed by atoms with Gasteiger partial charge in [0.2, 0.25) is 0 Å². The van der Waals surface area contributed by atoms with Gasteiger partial charge in [-0.25, -0.2) is 0 Å². The maximum Gasteiger partial charge on any atom is 0.109 e. The fraction of sp³-hybridized carbons (Fsp3) is 1.00. The van der Waals surface area contributed by atoms with Crippen molar-refractivity contribution in [3.05, 3.63) is 0 Å². The van der Waals surface area contributed by atoms with Crippen molar-refractivity contribution in [1.82, 2.24) is 0 Å². The Morgan fingerprint density at radius 3 is 1.82 bits per heavy atom. The molecule has 0 aromatic heterocycles. The molecule has 0 rings (SSSR count). The lowest BCUT2D eigenvalue weighted by atomic mass is 10.0. The summed E-state index contributed by atoms with van der Waals surface area (Å²) in [5.74, 6) is 0. The first-order valence-corrected chi connectivity index (χ1v) is 3.43. The van der Waals surface area contributed by atoms with Gasteiger partial charge in [-0.15, -0.1) is 0 Å². The molecule has 0 radical (unpaired) electrons. The van der Waals surface area contributed by atoms with Crippen LogP contribution in [0.2, 0.25) is 0 Å². The Labute approximate surface area is 65.1 Å². The van der Waals surface area contributed by atoms with E-state index in [1.807, 2.05) is 0 Å². The molecule has 0 aliphatic carbocycles. The lowest BCUT2D eigenvalue weighted by Crippen LogP contribution is -2.46. The molecule has 0 saturated heterocycles. The molecule has 0 spiro atoms. The lowest BCUT2D eigenvalue weighted by Gasteiger charge is -2.23. The van der Waals surface area contributed by atoms with Gasteiger partial charge in [0.05, 0.1) is 12.2 Å². The molecule has 0 heterocycles. The third-order valence-electron chi connectivity index (χ3n) is 1.48. The van der Waals surface area contributed by atoms with Gasteiger partial charge in [0, 0.05) is 6.54 Å². The first-order valence-electron chi connectivity index (χ1n) is 3.43. The normalized spacial score (nSPS) is 22.4. The molecule has 4 atom stereocenters. The van der Waals surface area contributed by atoms with Crippen LogP contribution in [0.25, 0.3) is 0 Å². The zero-order chi connectivity index (χ0) is 9.02. The number of nitrogens with two attached hydrogens (primary N) is 1. The van der Waals surface area contributed by atoms with Crippen molar-refractivity contribution in [2.75, 3.05) is 6.54 Å². The molecule has 0 aliphatic rings. The fourth-order valence-corrected chi connectivity index (χ4v) is 0.652. The van der Waals surface area contributed by atoms with Gasteiger partial charge in [0.25, 0.3) is 0 Å². The van der Waals surface area contributed by atoms with E-state index in [-0.39, 0.29) is 6.54 Å². The van der Waals surface area contributed by atoms with Gasteiger partial charge in [-0.2, -0.15) is 0 Å². The predicted octanol–water partition coefficient (Wildman–Crippen LogP) is -2.59. The van der Waals surface area contributed by atoms with Crippen molar-refractivity contribution >= 4 is 0 Å². The summed E-state index contributed by atoms with van der Waals surface area (Å²) in [7, 11) is 0. The number of hydrogen-bond acceptors (Lipinski definition) is 5. The van der Waals surface area contributed by atoms with Crippen LogP contribution in [-0.4, -0.2) is 51.4 Å². The molecule has 6 N–H and O–H groups in total. The van der Waals surface area contributed by atoms with Crippen LogP contribution < -0.4 is 5.73 Å². The van der Waals surface area contributed by atoms with Crippen LogP contribution in [0.4, 0.5) is 0 Å². The Morgan fingerprint density at radius 1 is 1.09 bits per heavy atom. The standard InChI is InChI=1S/C6H15NO4/c1-3(8)5(10)6(11)4(9)2-7/h3-6,8-11H,2,7H2,1H3/t3-,4-,5-,6-/m1/s1. The molecule has 0 unspecified atom stereocenters. The Kier molecular flexibility index (Phi) is 4.55. The molecule has 0 fully saturated rings. The highest BCUT2D eigenvalue weighted by atomic mass is 16.4. The highest BCUT2D eigenvalue weighted by Gasteiger charge is 2.26. The Morgan fingerprint density at radius 2 is 1.55 bits per heavy atom. The minimum atomic E-state index is -1.39. The van der Waals surface area contributed by atoms with E-state index in [0.717, 1.165) is 0 Å². The van der Waals surface area contributed by atoms with Crippen LogP contribution in [0, 0.1) is 0 Å². The molecule has 5 heteroatoms. The summed E-state index contributed by atoms with van der Waals surface area (Å²) in [5, 5.41) is 35.7. The van der Waals surface area contributed by atoms with E-state index in [4.69, 9.17) is 26.2 Å². The summed E-state index contributed by atoms with van der Waals surface area (Å²) in [6.45, 7) is 1.17. The van der Waals surface area contributed by atoms with Crippen molar-refractivity contribution in [3.63, 3.8) is 0 Å². The third kappa shape index (κ3) is 3.13. The van der Waals surface area contributed by atoms with Crippen molar-refractivity contribution in [1.29, 1.82) is 0 Å². The number of aliphatic hydroxyl groups is 4. The van der Waals surface area contributed by atoms with E-state index in [1.165, 1.54) is 6.92 Å². The van der Waals surface area contributed by atoms with Crippen LogP contribution >= 0.6 is 0 Å². The van der Waals surface area contributed by atoms with E-state index >= 15 is 0 Å². The van der Waals surface area contributed by atoms with Crippen molar-refractivity contribution in [2.45, 2.75) is 31.3 Å². The molecule has 0 amide bonds. The number of aliphatic hydroxyl groups excluding tert-OH is 4. The fourth-order valence-electron chi connectivity index (χ4n) is 0.652.